The fraction of sp³-hybridized carbons (Fsp3) is 0.238. The molecule has 0 aliphatic heterocycles. The van der Waals surface area contributed by atoms with Crippen LogP contribution in [0.3, 0.4) is 0 Å². The summed E-state index contributed by atoms with van der Waals surface area (Å²) in [5, 5.41) is 2.84. The molecule has 0 N–H and O–H groups in total. The molecule has 104 valence electrons. The van der Waals surface area contributed by atoms with Gasteiger partial charge in [0.2, 0.25) is 0 Å². The van der Waals surface area contributed by atoms with Crippen LogP contribution < -0.4 is 0 Å². The number of rotatable bonds is 0. The van der Waals surface area contributed by atoms with Crippen LogP contribution in [-0.4, -0.2) is 0 Å². The molecule has 0 unspecified atom stereocenters. The van der Waals surface area contributed by atoms with E-state index in [1.54, 1.807) is 0 Å². The lowest BCUT2D eigenvalue weighted by Crippen LogP contribution is -2.11. The van der Waals surface area contributed by atoms with Gasteiger partial charge in [0.1, 0.15) is 0 Å². The van der Waals surface area contributed by atoms with Crippen molar-refractivity contribution in [3.63, 3.8) is 0 Å². The molecular weight excluding hydrogens is 252 g/mol. The molecule has 0 nitrogen and oxygen atoms in total. The zero-order valence-electron chi connectivity index (χ0n) is 13.1. The Bertz CT molecular complexity index is 876. The van der Waals surface area contributed by atoms with Crippen molar-refractivity contribution in [2.75, 3.05) is 0 Å². The summed E-state index contributed by atoms with van der Waals surface area (Å²) in [6.07, 6.45) is 0. The van der Waals surface area contributed by atoms with Crippen LogP contribution in [0.1, 0.15) is 31.9 Å². The van der Waals surface area contributed by atoms with Crippen molar-refractivity contribution >= 4 is 10.8 Å². The second kappa shape index (κ2) is 3.98. The van der Waals surface area contributed by atoms with E-state index in [2.05, 4.69) is 76.2 Å². The Morgan fingerprint density at radius 2 is 1.43 bits per heavy atom. The lowest BCUT2D eigenvalue weighted by atomic mass is 9.82. The smallest absolute Gasteiger partial charge is 0.00234 e. The number of hydrogen-bond acceptors (Lipinski definition) is 0. The largest absolute Gasteiger partial charge is 0.0610 e. The summed E-state index contributed by atoms with van der Waals surface area (Å²) in [6.45, 7) is 9.06. The van der Waals surface area contributed by atoms with Crippen molar-refractivity contribution in [1.29, 1.82) is 0 Å². The summed E-state index contributed by atoms with van der Waals surface area (Å²) < 4.78 is 0. The molecule has 0 atom stereocenters. The molecule has 0 aromatic heterocycles. The maximum atomic E-state index is 2.32. The highest BCUT2D eigenvalue weighted by Crippen LogP contribution is 2.49. The average Bonchev–Trinajstić information content (AvgIpc) is 2.74. The molecule has 3 aromatic rings. The minimum absolute atomic E-state index is 0.168. The lowest BCUT2D eigenvalue weighted by Gasteiger charge is -2.22. The number of benzene rings is 3. The molecule has 0 heterocycles. The predicted octanol–water partition coefficient (Wildman–Crippen LogP) is 6.09. The Labute approximate surface area is 126 Å². The van der Waals surface area contributed by atoms with Gasteiger partial charge in [-0.05, 0) is 50.9 Å². The van der Waals surface area contributed by atoms with Gasteiger partial charge in [0.05, 0.1) is 0 Å². The van der Waals surface area contributed by atoms with Crippen molar-refractivity contribution in [2.45, 2.75) is 33.1 Å². The van der Waals surface area contributed by atoms with Gasteiger partial charge in [0.15, 0.2) is 0 Å². The Balaban J connectivity index is 2.16. The van der Waals surface area contributed by atoms with Gasteiger partial charge in [0, 0.05) is 0 Å². The topological polar surface area (TPSA) is 0 Å². The third kappa shape index (κ3) is 1.68. The standard InChI is InChI=1S/C21H20/c1-13-8-9-14-16-10-11-19(21(2,3)4)17-7-5-6-15(20(16)17)18(14)12-13/h5-12H,1-4H3. The van der Waals surface area contributed by atoms with E-state index in [1.807, 2.05) is 0 Å². The molecule has 0 amide bonds. The minimum Gasteiger partial charge on any atom is -0.0610 e. The van der Waals surface area contributed by atoms with Gasteiger partial charge < -0.3 is 0 Å². The van der Waals surface area contributed by atoms with Gasteiger partial charge in [-0.1, -0.05) is 74.9 Å². The molecule has 1 aliphatic carbocycles. The third-order valence-corrected chi connectivity index (χ3v) is 4.60. The Hall–Kier alpha value is -2.08. The summed E-state index contributed by atoms with van der Waals surface area (Å²) >= 11 is 0. The quantitative estimate of drug-likeness (QED) is 0.363. The summed E-state index contributed by atoms with van der Waals surface area (Å²) in [6, 6.07) is 18.2. The van der Waals surface area contributed by atoms with Gasteiger partial charge in [-0.15, -0.1) is 0 Å². The zero-order valence-corrected chi connectivity index (χ0v) is 13.1. The van der Waals surface area contributed by atoms with Crippen molar-refractivity contribution in [3.05, 3.63) is 59.7 Å². The van der Waals surface area contributed by atoms with Crippen LogP contribution in [0.25, 0.3) is 33.0 Å². The van der Waals surface area contributed by atoms with Crippen LogP contribution in [0.15, 0.2) is 48.5 Å². The normalized spacial score (nSPS) is 12.8. The van der Waals surface area contributed by atoms with Crippen LogP contribution in [0.4, 0.5) is 0 Å². The average molecular weight is 272 g/mol. The monoisotopic (exact) mass is 272 g/mol. The maximum absolute atomic E-state index is 2.32. The van der Waals surface area contributed by atoms with Crippen molar-refractivity contribution in [3.8, 4) is 22.3 Å². The summed E-state index contributed by atoms with van der Waals surface area (Å²) in [5.74, 6) is 0. The number of aryl methyl sites for hydroxylation is 1. The minimum atomic E-state index is 0.168. The van der Waals surface area contributed by atoms with E-state index in [0.717, 1.165) is 0 Å². The Morgan fingerprint density at radius 3 is 2.19 bits per heavy atom. The second-order valence-corrected chi connectivity index (χ2v) is 7.19. The summed E-state index contributed by atoms with van der Waals surface area (Å²) in [5.41, 5.74) is 8.49. The van der Waals surface area contributed by atoms with Crippen LogP contribution in [0.2, 0.25) is 0 Å². The van der Waals surface area contributed by atoms with E-state index in [1.165, 1.54) is 44.2 Å². The molecule has 0 spiro atoms. The fourth-order valence-electron chi connectivity index (χ4n) is 3.63. The molecule has 0 saturated carbocycles. The molecule has 0 bridgehead atoms. The molecule has 1 aliphatic rings. The van der Waals surface area contributed by atoms with Crippen LogP contribution in [-0.2, 0) is 5.41 Å². The van der Waals surface area contributed by atoms with E-state index < -0.39 is 0 Å². The second-order valence-electron chi connectivity index (χ2n) is 7.19. The van der Waals surface area contributed by atoms with Gasteiger partial charge in [0.25, 0.3) is 0 Å². The van der Waals surface area contributed by atoms with Crippen molar-refractivity contribution in [2.24, 2.45) is 0 Å². The summed E-state index contributed by atoms with van der Waals surface area (Å²) in [7, 11) is 0. The van der Waals surface area contributed by atoms with Crippen LogP contribution >= 0.6 is 0 Å². The van der Waals surface area contributed by atoms with E-state index in [9.17, 15) is 0 Å². The van der Waals surface area contributed by atoms with Gasteiger partial charge in [-0.3, -0.25) is 0 Å². The third-order valence-electron chi connectivity index (χ3n) is 4.60. The van der Waals surface area contributed by atoms with E-state index in [4.69, 9.17) is 0 Å². The molecule has 0 radical (unpaired) electrons. The molecule has 0 saturated heterocycles. The predicted molar refractivity (Wildman–Crippen MR) is 91.8 cm³/mol. The van der Waals surface area contributed by atoms with Gasteiger partial charge in [-0.2, -0.15) is 0 Å². The Kier molecular flexibility index (Phi) is 2.39. The highest BCUT2D eigenvalue weighted by Gasteiger charge is 2.25. The van der Waals surface area contributed by atoms with Crippen molar-refractivity contribution in [1.82, 2.24) is 0 Å². The SMILES string of the molecule is Cc1ccc2c(c1)-c1cccc3c(C(C)(C)C)ccc-2c13. The number of hydrogen-bond donors (Lipinski definition) is 0. The molecule has 21 heavy (non-hydrogen) atoms. The van der Waals surface area contributed by atoms with Gasteiger partial charge >= 0.3 is 0 Å². The first-order valence-corrected chi connectivity index (χ1v) is 7.64. The Morgan fingerprint density at radius 1 is 0.714 bits per heavy atom. The van der Waals surface area contributed by atoms with Crippen LogP contribution in [0.5, 0.6) is 0 Å². The lowest BCUT2D eigenvalue weighted by molar-refractivity contribution is 0.596. The maximum Gasteiger partial charge on any atom is -0.00234 e. The fourth-order valence-corrected chi connectivity index (χ4v) is 3.63. The first kappa shape index (κ1) is 12.6. The zero-order chi connectivity index (χ0) is 14.8. The first-order valence-electron chi connectivity index (χ1n) is 7.64. The first-order chi connectivity index (χ1) is 9.97. The van der Waals surface area contributed by atoms with Crippen molar-refractivity contribution < 1.29 is 0 Å². The molecular formula is C21H20. The molecule has 0 fully saturated rings. The molecule has 4 rings (SSSR count). The van der Waals surface area contributed by atoms with Crippen LogP contribution in [0, 0.1) is 6.92 Å². The summed E-state index contributed by atoms with van der Waals surface area (Å²) in [4.78, 5) is 0. The molecule has 3 aromatic carbocycles. The molecule has 0 heteroatoms. The van der Waals surface area contributed by atoms with E-state index in [0.29, 0.717) is 0 Å². The highest BCUT2D eigenvalue weighted by atomic mass is 14.3. The van der Waals surface area contributed by atoms with E-state index >= 15 is 0 Å². The number of fused-ring (bicyclic) bond motifs is 3. The van der Waals surface area contributed by atoms with Gasteiger partial charge in [-0.25, -0.2) is 0 Å². The van der Waals surface area contributed by atoms with E-state index in [-0.39, 0.29) is 5.41 Å². The highest BCUT2D eigenvalue weighted by molar-refractivity contribution is 6.16.